The molecule has 3 unspecified atom stereocenters. The van der Waals surface area contributed by atoms with Gasteiger partial charge in [0.25, 0.3) is 5.91 Å². The summed E-state index contributed by atoms with van der Waals surface area (Å²) < 4.78 is 41.2. The van der Waals surface area contributed by atoms with Crippen LogP contribution in [0.3, 0.4) is 0 Å². The molecule has 2 aliphatic rings. The van der Waals surface area contributed by atoms with E-state index in [4.69, 9.17) is 11.6 Å². The molecule has 4 rings (SSSR count). The summed E-state index contributed by atoms with van der Waals surface area (Å²) in [6.45, 7) is 4.09. The van der Waals surface area contributed by atoms with Crippen molar-refractivity contribution < 1.29 is 27.9 Å². The molecule has 41 heavy (non-hydrogen) atoms. The smallest absolute Gasteiger partial charge is 0.393 e. The van der Waals surface area contributed by atoms with Gasteiger partial charge in [-0.2, -0.15) is 13.2 Å². The van der Waals surface area contributed by atoms with Gasteiger partial charge in [-0.05, 0) is 79.5 Å². The molecular formula is C32H36ClF3N2O3. The summed E-state index contributed by atoms with van der Waals surface area (Å²) in [6.07, 6.45) is 1.78. The van der Waals surface area contributed by atoms with Gasteiger partial charge in [0.15, 0.2) is 0 Å². The maximum absolute atomic E-state index is 14.3. The number of fused-ring (bicyclic) bond motifs is 1. The van der Waals surface area contributed by atoms with Crippen LogP contribution in [-0.2, 0) is 24.1 Å². The van der Waals surface area contributed by atoms with E-state index >= 15 is 0 Å². The van der Waals surface area contributed by atoms with Gasteiger partial charge in [0, 0.05) is 30.2 Å². The number of benzene rings is 2. The van der Waals surface area contributed by atoms with Crippen molar-refractivity contribution in [1.82, 2.24) is 10.2 Å². The SMILES string of the molecule is CCCC(c1ccc(C(=O)NCCC(C)O)cc1)C(C(=O)N1Cc2cccc(C(F)(F)F)c2C1)C1=CC=C(Cl)CC1. The summed E-state index contributed by atoms with van der Waals surface area (Å²) in [5.41, 5.74) is 2.25. The number of nitrogens with one attached hydrogen (secondary N) is 1. The number of hydrogen-bond acceptors (Lipinski definition) is 3. The summed E-state index contributed by atoms with van der Waals surface area (Å²) in [7, 11) is 0. The Morgan fingerprint density at radius 2 is 1.78 bits per heavy atom. The number of alkyl halides is 3. The fourth-order valence-corrected chi connectivity index (χ4v) is 5.89. The number of carbonyl (C=O) groups is 2. The van der Waals surface area contributed by atoms with Crippen molar-refractivity contribution in [3.63, 3.8) is 0 Å². The monoisotopic (exact) mass is 588 g/mol. The standard InChI is InChI=1S/C32H36ClF3N2O3/c1-3-5-26(21-8-10-23(11-9-21)30(40)37-17-16-20(2)39)29(22-12-14-25(33)15-13-22)31(41)38-18-24-6-4-7-28(27(24)19-38)32(34,35)36/h4,6-12,14,20,26,29,39H,3,5,13,15-19H2,1-2H3,(H,37,40). The van der Waals surface area contributed by atoms with Crippen LogP contribution in [0.1, 0.15) is 84.5 Å². The van der Waals surface area contributed by atoms with Gasteiger partial charge in [-0.25, -0.2) is 0 Å². The molecule has 0 fully saturated rings. The van der Waals surface area contributed by atoms with Gasteiger partial charge in [-0.15, -0.1) is 0 Å². The second-order valence-corrected chi connectivity index (χ2v) is 11.4. The van der Waals surface area contributed by atoms with Crippen LogP contribution in [0, 0.1) is 5.92 Å². The van der Waals surface area contributed by atoms with Crippen LogP contribution < -0.4 is 5.32 Å². The molecule has 0 aromatic heterocycles. The van der Waals surface area contributed by atoms with Gasteiger partial charge in [0.1, 0.15) is 0 Å². The number of carbonyl (C=O) groups excluding carboxylic acids is 2. The maximum atomic E-state index is 14.3. The normalized spacial score (nSPS) is 17.3. The minimum atomic E-state index is -4.49. The Morgan fingerprint density at radius 1 is 1.05 bits per heavy atom. The van der Waals surface area contributed by atoms with E-state index in [-0.39, 0.29) is 36.4 Å². The zero-order valence-electron chi connectivity index (χ0n) is 23.3. The summed E-state index contributed by atoms with van der Waals surface area (Å²) in [5.74, 6) is -1.26. The lowest BCUT2D eigenvalue weighted by atomic mass is 9.75. The first-order valence-corrected chi connectivity index (χ1v) is 14.5. The van der Waals surface area contributed by atoms with Crippen LogP contribution in [0.5, 0.6) is 0 Å². The molecule has 2 amide bonds. The fraction of sp³-hybridized carbons (Fsp3) is 0.438. The Balaban J connectivity index is 1.64. The van der Waals surface area contributed by atoms with Crippen molar-refractivity contribution in [3.8, 4) is 0 Å². The molecule has 5 nitrogen and oxygen atoms in total. The number of rotatable bonds is 10. The van der Waals surface area contributed by atoms with E-state index in [1.807, 2.05) is 25.1 Å². The van der Waals surface area contributed by atoms with Crippen LogP contribution in [-0.4, -0.2) is 34.5 Å². The molecule has 1 aliphatic carbocycles. The number of allylic oxidation sites excluding steroid dienone is 3. The third kappa shape index (κ3) is 7.41. The highest BCUT2D eigenvalue weighted by Gasteiger charge is 2.41. The first-order valence-electron chi connectivity index (χ1n) is 14.1. The summed E-state index contributed by atoms with van der Waals surface area (Å²) in [4.78, 5) is 28.4. The average Bonchev–Trinajstić information content (AvgIpc) is 3.37. The van der Waals surface area contributed by atoms with Crippen LogP contribution in [0.25, 0.3) is 0 Å². The number of amides is 2. The van der Waals surface area contributed by atoms with Crippen LogP contribution >= 0.6 is 11.6 Å². The maximum Gasteiger partial charge on any atom is 0.416 e. The molecule has 0 bridgehead atoms. The van der Waals surface area contributed by atoms with Crippen molar-refractivity contribution in [2.75, 3.05) is 6.54 Å². The van der Waals surface area contributed by atoms with Gasteiger partial charge < -0.3 is 15.3 Å². The molecule has 9 heteroatoms. The number of nitrogens with zero attached hydrogens (tertiary/aromatic N) is 1. The van der Waals surface area contributed by atoms with Gasteiger partial charge in [-0.3, -0.25) is 9.59 Å². The van der Waals surface area contributed by atoms with Crippen LogP contribution in [0.2, 0.25) is 0 Å². The summed E-state index contributed by atoms with van der Waals surface area (Å²) >= 11 is 6.24. The molecule has 2 aromatic rings. The second-order valence-electron chi connectivity index (χ2n) is 10.9. The number of aliphatic hydroxyl groups excluding tert-OH is 1. The number of aliphatic hydroxyl groups is 1. The molecule has 3 atom stereocenters. The van der Waals surface area contributed by atoms with Gasteiger partial charge in [-0.1, -0.05) is 60.9 Å². The van der Waals surface area contributed by atoms with E-state index in [1.165, 1.54) is 11.0 Å². The topological polar surface area (TPSA) is 69.6 Å². The van der Waals surface area contributed by atoms with E-state index in [0.29, 0.717) is 48.4 Å². The average molecular weight is 589 g/mol. The summed E-state index contributed by atoms with van der Waals surface area (Å²) in [6, 6.07) is 11.3. The van der Waals surface area contributed by atoms with Crippen molar-refractivity contribution in [2.45, 2.75) is 77.2 Å². The molecule has 1 aliphatic heterocycles. The zero-order chi connectivity index (χ0) is 29.7. The van der Waals surface area contributed by atoms with Gasteiger partial charge in [0.05, 0.1) is 17.6 Å². The van der Waals surface area contributed by atoms with Crippen molar-refractivity contribution in [2.24, 2.45) is 5.92 Å². The fourth-order valence-electron chi connectivity index (χ4n) is 5.73. The molecule has 2 aromatic carbocycles. The quantitative estimate of drug-likeness (QED) is 0.311. The molecule has 0 saturated carbocycles. The Labute approximate surface area is 244 Å². The predicted octanol–water partition coefficient (Wildman–Crippen LogP) is 7.09. The lowest BCUT2D eigenvalue weighted by molar-refractivity contribution is -0.140. The number of hydrogen-bond donors (Lipinski definition) is 2. The van der Waals surface area contributed by atoms with E-state index in [0.717, 1.165) is 23.6 Å². The lowest BCUT2D eigenvalue weighted by Crippen LogP contribution is -2.37. The summed E-state index contributed by atoms with van der Waals surface area (Å²) in [5, 5.41) is 12.9. The van der Waals surface area contributed by atoms with Crippen molar-refractivity contribution >= 4 is 23.4 Å². The first-order chi connectivity index (χ1) is 19.5. The molecule has 1 heterocycles. The van der Waals surface area contributed by atoms with E-state index in [2.05, 4.69) is 5.32 Å². The Morgan fingerprint density at radius 3 is 2.39 bits per heavy atom. The highest BCUT2D eigenvalue weighted by atomic mass is 35.5. The van der Waals surface area contributed by atoms with Crippen molar-refractivity contribution in [1.29, 1.82) is 0 Å². The minimum absolute atomic E-state index is 0.0887. The predicted molar refractivity (Wildman–Crippen MR) is 153 cm³/mol. The van der Waals surface area contributed by atoms with Gasteiger partial charge >= 0.3 is 6.18 Å². The highest BCUT2D eigenvalue weighted by Crippen LogP contribution is 2.42. The van der Waals surface area contributed by atoms with Crippen LogP contribution in [0.4, 0.5) is 13.2 Å². The van der Waals surface area contributed by atoms with Crippen molar-refractivity contribution in [3.05, 3.63) is 93.0 Å². The molecular weight excluding hydrogens is 553 g/mol. The zero-order valence-corrected chi connectivity index (χ0v) is 24.1. The third-order valence-corrected chi connectivity index (χ3v) is 8.16. The Bertz CT molecular complexity index is 1320. The van der Waals surface area contributed by atoms with E-state index in [1.54, 1.807) is 31.2 Å². The molecule has 0 radical (unpaired) electrons. The van der Waals surface area contributed by atoms with Crippen LogP contribution in [0.15, 0.2) is 65.2 Å². The second kappa shape index (κ2) is 13.3. The Kier molecular flexibility index (Phi) is 9.97. The Hall–Kier alpha value is -3.10. The van der Waals surface area contributed by atoms with E-state index < -0.39 is 23.8 Å². The molecule has 0 spiro atoms. The minimum Gasteiger partial charge on any atom is -0.393 e. The van der Waals surface area contributed by atoms with E-state index in [9.17, 15) is 27.9 Å². The number of halogens is 4. The lowest BCUT2D eigenvalue weighted by Gasteiger charge is -2.33. The first kappa shape index (κ1) is 30.8. The third-order valence-electron chi connectivity index (χ3n) is 7.85. The molecule has 220 valence electrons. The highest BCUT2D eigenvalue weighted by molar-refractivity contribution is 6.29. The molecule has 0 saturated heterocycles. The molecule has 2 N–H and O–H groups in total. The largest absolute Gasteiger partial charge is 0.416 e. The van der Waals surface area contributed by atoms with Gasteiger partial charge in [0.2, 0.25) is 5.91 Å².